The lowest BCUT2D eigenvalue weighted by Crippen LogP contribution is -2.26. The van der Waals surface area contributed by atoms with Crippen molar-refractivity contribution in [1.29, 1.82) is 0 Å². The van der Waals surface area contributed by atoms with E-state index >= 15 is 0 Å². The van der Waals surface area contributed by atoms with E-state index in [1.54, 1.807) is 11.3 Å². The lowest BCUT2D eigenvalue weighted by Gasteiger charge is -2.16. The van der Waals surface area contributed by atoms with Gasteiger partial charge in [-0.2, -0.15) is 0 Å². The second kappa shape index (κ2) is 4.71. The van der Waals surface area contributed by atoms with E-state index in [1.807, 2.05) is 13.0 Å². The van der Waals surface area contributed by atoms with Crippen LogP contribution in [0.1, 0.15) is 35.5 Å². The summed E-state index contributed by atoms with van der Waals surface area (Å²) in [7, 11) is 0. The lowest BCUT2D eigenvalue weighted by atomic mass is 10.2. The normalized spacial score (nSPS) is 15.1. The number of hydrogen-bond donors (Lipinski definition) is 1. The van der Waals surface area contributed by atoms with Crippen LogP contribution in [0.2, 0.25) is 0 Å². The number of rotatable bonds is 4. The second-order valence-corrected chi connectivity index (χ2v) is 4.83. The molecule has 78 valence electrons. The fourth-order valence-electron chi connectivity index (χ4n) is 1.49. The molecular weight excluding hydrogens is 192 g/mol. The van der Waals surface area contributed by atoms with Gasteiger partial charge in [0.05, 0.1) is 10.7 Å². The highest BCUT2D eigenvalue weighted by Crippen LogP contribution is 2.24. The van der Waals surface area contributed by atoms with Gasteiger partial charge < -0.3 is 5.32 Å². The van der Waals surface area contributed by atoms with Gasteiger partial charge in [0.15, 0.2) is 0 Å². The minimum absolute atomic E-state index is 0.340. The zero-order valence-electron chi connectivity index (χ0n) is 9.29. The van der Waals surface area contributed by atoms with Crippen LogP contribution in [0.15, 0.2) is 12.7 Å². The van der Waals surface area contributed by atoms with Crippen molar-refractivity contribution in [3.63, 3.8) is 0 Å². The smallest absolute Gasteiger partial charge is 0.0900 e. The number of aryl methyl sites for hydroxylation is 2. The maximum absolute atomic E-state index is 4.42. The molecule has 1 N–H and O–H groups in total. The number of hydrogen-bond acceptors (Lipinski definition) is 3. The first kappa shape index (κ1) is 11.4. The highest BCUT2D eigenvalue weighted by atomic mass is 32.1. The van der Waals surface area contributed by atoms with Gasteiger partial charge in [-0.1, -0.05) is 6.08 Å². The van der Waals surface area contributed by atoms with E-state index in [0.29, 0.717) is 12.1 Å². The van der Waals surface area contributed by atoms with Crippen LogP contribution in [0.25, 0.3) is 0 Å². The molecule has 1 aromatic heterocycles. The molecule has 0 bridgehead atoms. The summed E-state index contributed by atoms with van der Waals surface area (Å²) >= 11 is 1.77. The van der Waals surface area contributed by atoms with E-state index in [0.717, 1.165) is 10.7 Å². The van der Waals surface area contributed by atoms with E-state index in [2.05, 4.69) is 37.7 Å². The molecule has 0 radical (unpaired) electrons. The van der Waals surface area contributed by atoms with Gasteiger partial charge in [0.1, 0.15) is 0 Å². The molecule has 0 spiro atoms. The summed E-state index contributed by atoms with van der Waals surface area (Å²) < 4.78 is 0. The summed E-state index contributed by atoms with van der Waals surface area (Å²) in [4.78, 5) is 5.75. The largest absolute Gasteiger partial charge is 0.303 e. The molecule has 1 rings (SSSR count). The summed E-state index contributed by atoms with van der Waals surface area (Å²) in [5.74, 6) is 0. The Morgan fingerprint density at radius 3 is 2.50 bits per heavy atom. The fourth-order valence-corrected chi connectivity index (χ4v) is 2.43. The minimum atomic E-state index is 0.340. The van der Waals surface area contributed by atoms with Gasteiger partial charge in [-0.15, -0.1) is 17.9 Å². The Morgan fingerprint density at radius 2 is 2.07 bits per heavy atom. The van der Waals surface area contributed by atoms with Gasteiger partial charge in [0.25, 0.3) is 0 Å². The summed E-state index contributed by atoms with van der Waals surface area (Å²) in [6, 6.07) is 0.695. The number of aromatic nitrogens is 1. The second-order valence-electron chi connectivity index (χ2n) is 3.60. The first-order chi connectivity index (χ1) is 6.54. The van der Waals surface area contributed by atoms with E-state index in [4.69, 9.17) is 0 Å². The monoisotopic (exact) mass is 210 g/mol. The van der Waals surface area contributed by atoms with Gasteiger partial charge in [0, 0.05) is 17.0 Å². The van der Waals surface area contributed by atoms with E-state index in [-0.39, 0.29) is 0 Å². The summed E-state index contributed by atoms with van der Waals surface area (Å²) in [5.41, 5.74) is 1.14. The Bertz CT molecular complexity index is 317. The van der Waals surface area contributed by atoms with Crippen molar-refractivity contribution < 1.29 is 0 Å². The molecule has 0 aliphatic heterocycles. The van der Waals surface area contributed by atoms with Crippen LogP contribution in [-0.4, -0.2) is 11.0 Å². The summed E-state index contributed by atoms with van der Waals surface area (Å²) in [5, 5.41) is 4.59. The van der Waals surface area contributed by atoms with Gasteiger partial charge in [-0.25, -0.2) is 4.98 Å². The van der Waals surface area contributed by atoms with Crippen molar-refractivity contribution in [2.75, 3.05) is 0 Å². The molecule has 1 heterocycles. The summed E-state index contributed by atoms with van der Waals surface area (Å²) in [6.45, 7) is 12.1. The van der Waals surface area contributed by atoms with E-state index in [9.17, 15) is 0 Å². The van der Waals surface area contributed by atoms with Crippen LogP contribution >= 0.6 is 11.3 Å². The Hall–Kier alpha value is -0.670. The molecule has 0 aliphatic carbocycles. The fraction of sp³-hybridized carbons (Fsp3) is 0.545. The highest BCUT2D eigenvalue weighted by Gasteiger charge is 2.13. The van der Waals surface area contributed by atoms with Crippen molar-refractivity contribution in [2.45, 2.75) is 39.8 Å². The highest BCUT2D eigenvalue weighted by molar-refractivity contribution is 7.11. The van der Waals surface area contributed by atoms with Crippen molar-refractivity contribution >= 4 is 11.3 Å². The zero-order valence-corrected chi connectivity index (χ0v) is 10.1. The SMILES string of the molecule is C=CC(C)NC(C)c1sc(C)nc1C. The Morgan fingerprint density at radius 1 is 1.43 bits per heavy atom. The Kier molecular flexibility index (Phi) is 3.84. The molecule has 1 aromatic rings. The summed E-state index contributed by atoms with van der Waals surface area (Å²) in [6.07, 6.45) is 1.92. The minimum Gasteiger partial charge on any atom is -0.303 e. The number of nitrogens with zero attached hydrogens (tertiary/aromatic N) is 1. The van der Waals surface area contributed by atoms with Crippen LogP contribution in [0.5, 0.6) is 0 Å². The molecule has 2 nitrogen and oxygen atoms in total. The van der Waals surface area contributed by atoms with Crippen LogP contribution in [0.4, 0.5) is 0 Å². The van der Waals surface area contributed by atoms with Gasteiger partial charge in [-0.3, -0.25) is 0 Å². The molecule has 0 saturated heterocycles. The van der Waals surface area contributed by atoms with Crippen molar-refractivity contribution in [2.24, 2.45) is 0 Å². The predicted molar refractivity (Wildman–Crippen MR) is 62.8 cm³/mol. The average molecular weight is 210 g/mol. The van der Waals surface area contributed by atoms with Gasteiger partial charge in [-0.05, 0) is 27.7 Å². The average Bonchev–Trinajstić information content (AvgIpc) is 2.45. The van der Waals surface area contributed by atoms with Crippen LogP contribution < -0.4 is 5.32 Å². The molecule has 0 fully saturated rings. The van der Waals surface area contributed by atoms with Crippen LogP contribution in [0, 0.1) is 13.8 Å². The molecule has 2 unspecified atom stereocenters. The zero-order chi connectivity index (χ0) is 10.7. The molecule has 0 aromatic carbocycles. The maximum Gasteiger partial charge on any atom is 0.0900 e. The van der Waals surface area contributed by atoms with Gasteiger partial charge in [0.2, 0.25) is 0 Å². The molecule has 0 amide bonds. The van der Waals surface area contributed by atoms with Gasteiger partial charge >= 0.3 is 0 Å². The van der Waals surface area contributed by atoms with Crippen LogP contribution in [-0.2, 0) is 0 Å². The Labute approximate surface area is 90.1 Å². The molecular formula is C11H18N2S. The third-order valence-corrected chi connectivity index (χ3v) is 3.45. The topological polar surface area (TPSA) is 24.9 Å². The third-order valence-electron chi connectivity index (χ3n) is 2.20. The lowest BCUT2D eigenvalue weighted by molar-refractivity contribution is 0.541. The van der Waals surface area contributed by atoms with Crippen molar-refractivity contribution in [3.05, 3.63) is 28.2 Å². The first-order valence-electron chi connectivity index (χ1n) is 4.87. The van der Waals surface area contributed by atoms with Crippen molar-refractivity contribution in [3.8, 4) is 0 Å². The molecule has 2 atom stereocenters. The number of thiazole rings is 1. The number of nitrogens with one attached hydrogen (secondary N) is 1. The molecule has 3 heteroatoms. The van der Waals surface area contributed by atoms with Crippen molar-refractivity contribution in [1.82, 2.24) is 10.3 Å². The van der Waals surface area contributed by atoms with E-state index < -0.39 is 0 Å². The molecule has 0 saturated carbocycles. The van der Waals surface area contributed by atoms with E-state index in [1.165, 1.54) is 4.88 Å². The van der Waals surface area contributed by atoms with Crippen LogP contribution in [0.3, 0.4) is 0 Å². The first-order valence-corrected chi connectivity index (χ1v) is 5.68. The quantitative estimate of drug-likeness (QED) is 0.773. The molecule has 14 heavy (non-hydrogen) atoms. The maximum atomic E-state index is 4.42. The standard InChI is InChI=1S/C11H18N2S/c1-6-7(2)12-8(3)11-9(4)13-10(5)14-11/h6-8,12H,1H2,2-5H3. The third kappa shape index (κ3) is 2.66. The Balaban J connectivity index is 2.73. The predicted octanol–water partition coefficient (Wildman–Crippen LogP) is 2.99. The molecule has 0 aliphatic rings.